The van der Waals surface area contributed by atoms with E-state index < -0.39 is 6.29 Å². The molecular formula is C23H30N6O5. The molecule has 34 heavy (non-hydrogen) atoms. The first-order chi connectivity index (χ1) is 16.6. The summed E-state index contributed by atoms with van der Waals surface area (Å²) in [6, 6.07) is 11.2. The van der Waals surface area contributed by atoms with Crippen LogP contribution in [0.15, 0.2) is 46.4 Å². The van der Waals surface area contributed by atoms with Crippen LogP contribution in [-0.4, -0.2) is 77.9 Å². The van der Waals surface area contributed by atoms with E-state index in [2.05, 4.69) is 20.2 Å². The fourth-order valence-corrected chi connectivity index (χ4v) is 3.87. The predicted octanol–water partition coefficient (Wildman–Crippen LogP) is 1.94. The van der Waals surface area contributed by atoms with Crippen LogP contribution in [0.5, 0.6) is 23.0 Å². The number of rotatable bonds is 7. The predicted molar refractivity (Wildman–Crippen MR) is 130 cm³/mol. The van der Waals surface area contributed by atoms with E-state index in [4.69, 9.17) is 29.4 Å². The van der Waals surface area contributed by atoms with Crippen molar-refractivity contribution in [3.05, 3.63) is 36.4 Å². The first-order valence-corrected chi connectivity index (χ1v) is 10.8. The molecule has 11 heteroatoms. The van der Waals surface area contributed by atoms with Crippen LogP contribution in [0.3, 0.4) is 0 Å². The summed E-state index contributed by atoms with van der Waals surface area (Å²) in [5.74, 6) is 3.29. The van der Waals surface area contributed by atoms with Gasteiger partial charge >= 0.3 is 0 Å². The Hall–Kier alpha value is -3.86. The Balaban J connectivity index is 1.75. The lowest BCUT2D eigenvalue weighted by molar-refractivity contribution is 0.0671. The molecule has 1 saturated heterocycles. The Labute approximate surface area is 198 Å². The second-order valence-corrected chi connectivity index (χ2v) is 7.50. The van der Waals surface area contributed by atoms with Gasteiger partial charge in [0, 0.05) is 30.9 Å². The van der Waals surface area contributed by atoms with Crippen molar-refractivity contribution < 1.29 is 23.7 Å². The highest BCUT2D eigenvalue weighted by molar-refractivity contribution is 6.06. The van der Waals surface area contributed by atoms with Crippen LogP contribution in [-0.2, 0) is 4.74 Å². The largest absolute Gasteiger partial charge is 0.493 e. The van der Waals surface area contributed by atoms with Crippen LogP contribution < -0.4 is 34.9 Å². The molecule has 1 unspecified atom stereocenters. The minimum absolute atomic E-state index is 0.177. The third-order valence-electron chi connectivity index (χ3n) is 5.55. The third kappa shape index (κ3) is 4.74. The first-order valence-electron chi connectivity index (χ1n) is 10.8. The first kappa shape index (κ1) is 23.3. The van der Waals surface area contributed by atoms with Gasteiger partial charge in [0.2, 0.25) is 18.2 Å². The molecule has 2 aromatic carbocycles. The average Bonchev–Trinajstić information content (AvgIpc) is 2.88. The van der Waals surface area contributed by atoms with E-state index in [0.29, 0.717) is 55.3 Å². The monoisotopic (exact) mass is 470 g/mol. The van der Waals surface area contributed by atoms with Gasteiger partial charge in [0.15, 0.2) is 23.0 Å². The summed E-state index contributed by atoms with van der Waals surface area (Å²) in [6.07, 6.45) is -0.591. The molecule has 0 aliphatic carbocycles. The number of nitrogens with two attached hydrogens (primary N) is 1. The highest BCUT2D eigenvalue weighted by Gasteiger charge is 2.32. The van der Waals surface area contributed by atoms with Crippen molar-refractivity contribution in [2.24, 2.45) is 15.7 Å². The Morgan fingerprint density at radius 1 is 0.882 bits per heavy atom. The molecule has 0 spiro atoms. The Morgan fingerprint density at radius 3 is 2.15 bits per heavy atom. The molecule has 2 aliphatic heterocycles. The van der Waals surface area contributed by atoms with Gasteiger partial charge in [-0.3, -0.25) is 4.90 Å². The number of hydrogen-bond acceptors (Lipinski definition) is 11. The molecule has 4 rings (SSSR count). The van der Waals surface area contributed by atoms with Crippen molar-refractivity contribution in [3.8, 4) is 23.0 Å². The molecule has 1 atom stereocenters. The lowest BCUT2D eigenvalue weighted by atomic mass is 10.2. The van der Waals surface area contributed by atoms with Crippen molar-refractivity contribution in [1.29, 1.82) is 0 Å². The molecule has 182 valence electrons. The summed E-state index contributed by atoms with van der Waals surface area (Å²) in [4.78, 5) is 13.3. The topological polar surface area (TPSA) is 115 Å². The van der Waals surface area contributed by atoms with E-state index in [1.54, 1.807) is 28.4 Å². The maximum absolute atomic E-state index is 6.17. The van der Waals surface area contributed by atoms with Gasteiger partial charge in [-0.15, -0.1) is 0 Å². The zero-order valence-corrected chi connectivity index (χ0v) is 19.8. The van der Waals surface area contributed by atoms with Crippen LogP contribution in [0.2, 0.25) is 0 Å². The minimum Gasteiger partial charge on any atom is -0.493 e. The summed E-state index contributed by atoms with van der Waals surface area (Å²) in [6.45, 7) is 2.56. The number of guanidine groups is 2. The number of hydrogen-bond donors (Lipinski definition) is 2. The molecule has 2 aliphatic rings. The Bertz CT molecular complexity index is 1070. The van der Waals surface area contributed by atoms with Gasteiger partial charge in [-0.1, -0.05) is 0 Å². The standard InChI is InChI=1S/C23H30N6O5/c1-30-17-7-5-15(13-19(17)32-3)25-22-26-21(24)27-23(28-9-11-34-12-10-28)29(22)16-6-8-18(31-2)20(14-16)33-4/h5-8,13-14,22,25H,9-12H2,1-4H3,(H2,24,26). The number of nitrogens with zero attached hydrogens (tertiary/aromatic N) is 4. The highest BCUT2D eigenvalue weighted by atomic mass is 16.5. The number of ether oxygens (including phenoxy) is 5. The molecule has 0 aromatic heterocycles. The van der Waals surface area contributed by atoms with E-state index in [9.17, 15) is 0 Å². The molecular weight excluding hydrogens is 440 g/mol. The fourth-order valence-electron chi connectivity index (χ4n) is 3.87. The molecule has 0 bridgehead atoms. The SMILES string of the molecule is COc1ccc(NC2N=C(N)N=C(N3CCOCC3)N2c2ccc(OC)c(OC)c2)cc1OC. The molecule has 1 fully saturated rings. The third-order valence-corrected chi connectivity index (χ3v) is 5.55. The summed E-state index contributed by atoms with van der Waals surface area (Å²) in [7, 11) is 6.40. The Morgan fingerprint density at radius 2 is 1.50 bits per heavy atom. The zero-order chi connectivity index (χ0) is 24.1. The number of aliphatic imine (C=N–C) groups is 2. The number of morpholine rings is 1. The van der Waals surface area contributed by atoms with Crippen LogP contribution in [0.4, 0.5) is 11.4 Å². The smallest absolute Gasteiger partial charge is 0.222 e. The summed E-state index contributed by atoms with van der Waals surface area (Å²) >= 11 is 0. The van der Waals surface area contributed by atoms with E-state index in [-0.39, 0.29) is 5.96 Å². The number of methoxy groups -OCH3 is 4. The Kier molecular flexibility index (Phi) is 7.12. The van der Waals surface area contributed by atoms with Gasteiger partial charge in [-0.25, -0.2) is 4.99 Å². The number of benzene rings is 2. The van der Waals surface area contributed by atoms with Gasteiger partial charge in [0.25, 0.3) is 0 Å². The normalized spacial score (nSPS) is 18.1. The maximum Gasteiger partial charge on any atom is 0.222 e. The quantitative estimate of drug-likeness (QED) is 0.626. The van der Waals surface area contributed by atoms with Crippen molar-refractivity contribution in [2.75, 3.05) is 65.0 Å². The lowest BCUT2D eigenvalue weighted by Gasteiger charge is -2.41. The van der Waals surface area contributed by atoms with Gasteiger partial charge in [-0.2, -0.15) is 4.99 Å². The fraction of sp³-hybridized carbons (Fsp3) is 0.391. The number of nitrogens with one attached hydrogen (secondary N) is 1. The van der Waals surface area contributed by atoms with Gasteiger partial charge < -0.3 is 39.6 Å². The van der Waals surface area contributed by atoms with E-state index in [0.717, 1.165) is 11.4 Å². The summed E-state index contributed by atoms with van der Waals surface area (Å²) in [5.41, 5.74) is 7.74. The molecule has 3 N–H and O–H groups in total. The van der Waals surface area contributed by atoms with Crippen molar-refractivity contribution >= 4 is 23.3 Å². The molecule has 0 radical (unpaired) electrons. The van der Waals surface area contributed by atoms with Crippen molar-refractivity contribution in [2.45, 2.75) is 6.29 Å². The maximum atomic E-state index is 6.17. The molecule has 0 saturated carbocycles. The molecule has 2 aromatic rings. The van der Waals surface area contributed by atoms with Crippen LogP contribution in [0, 0.1) is 0 Å². The van der Waals surface area contributed by atoms with E-state index in [1.165, 1.54) is 0 Å². The molecule has 11 nitrogen and oxygen atoms in total. The summed E-state index contributed by atoms with van der Waals surface area (Å²) < 4.78 is 27.3. The van der Waals surface area contributed by atoms with Crippen molar-refractivity contribution in [3.63, 3.8) is 0 Å². The van der Waals surface area contributed by atoms with Gasteiger partial charge in [0.1, 0.15) is 0 Å². The molecule has 2 heterocycles. The highest BCUT2D eigenvalue weighted by Crippen LogP contribution is 2.35. The molecule has 0 amide bonds. The van der Waals surface area contributed by atoms with Crippen molar-refractivity contribution in [1.82, 2.24) is 4.90 Å². The lowest BCUT2D eigenvalue weighted by Crippen LogP contribution is -2.57. The zero-order valence-electron chi connectivity index (χ0n) is 19.8. The summed E-state index contributed by atoms with van der Waals surface area (Å²) in [5, 5.41) is 3.43. The van der Waals surface area contributed by atoms with Gasteiger partial charge in [-0.05, 0) is 24.3 Å². The van der Waals surface area contributed by atoms with Crippen LogP contribution in [0.1, 0.15) is 0 Å². The van der Waals surface area contributed by atoms with Crippen LogP contribution in [0.25, 0.3) is 0 Å². The minimum atomic E-state index is -0.591. The van der Waals surface area contributed by atoms with E-state index in [1.807, 2.05) is 41.3 Å². The van der Waals surface area contributed by atoms with Gasteiger partial charge in [0.05, 0.1) is 47.3 Å². The van der Waals surface area contributed by atoms with E-state index >= 15 is 0 Å². The second kappa shape index (κ2) is 10.4. The number of anilines is 2. The second-order valence-electron chi connectivity index (χ2n) is 7.50. The average molecular weight is 471 g/mol. The van der Waals surface area contributed by atoms with Crippen LogP contribution >= 0.6 is 0 Å².